The Labute approximate surface area is 103 Å². The largest absolute Gasteiger partial charge is 0.477 e. The van der Waals surface area contributed by atoms with Crippen LogP contribution in [0.3, 0.4) is 0 Å². The van der Waals surface area contributed by atoms with Gasteiger partial charge in [0, 0.05) is 6.20 Å². The Morgan fingerprint density at radius 3 is 2.63 bits per heavy atom. The van der Waals surface area contributed by atoms with Crippen molar-refractivity contribution in [3.05, 3.63) is 27.9 Å². The number of aromatic carboxylic acids is 1. The lowest BCUT2D eigenvalue weighted by Crippen LogP contribution is -2.32. The van der Waals surface area contributed by atoms with Crippen LogP contribution in [0, 0.1) is 0 Å². The molecule has 19 heavy (non-hydrogen) atoms. The van der Waals surface area contributed by atoms with Gasteiger partial charge in [0.25, 0.3) is 5.56 Å². The summed E-state index contributed by atoms with van der Waals surface area (Å²) in [7, 11) is 0. The number of ether oxygens (including phenoxy) is 1. The smallest absolute Gasteiger partial charge is 0.342 e. The van der Waals surface area contributed by atoms with Crippen LogP contribution in [0.4, 0.5) is 17.6 Å². The molecule has 1 rings (SSSR count). The number of carboxylic acid groups (broad SMARTS) is 1. The molecule has 1 aromatic rings. The Morgan fingerprint density at radius 1 is 1.53 bits per heavy atom. The molecule has 0 aliphatic heterocycles. The molecule has 0 atom stereocenters. The number of hydrogen-bond donors (Lipinski definition) is 2. The fourth-order valence-electron chi connectivity index (χ4n) is 1.00. The zero-order valence-electron chi connectivity index (χ0n) is 9.20. The van der Waals surface area contributed by atoms with Gasteiger partial charge in [-0.2, -0.15) is 8.78 Å². The second-order valence-electron chi connectivity index (χ2n) is 3.43. The van der Waals surface area contributed by atoms with Crippen LogP contribution < -0.4 is 5.56 Å². The molecule has 10 heteroatoms. The van der Waals surface area contributed by atoms with Crippen molar-refractivity contribution in [2.45, 2.75) is 19.0 Å². The highest BCUT2D eigenvalue weighted by Gasteiger charge is 2.40. The van der Waals surface area contributed by atoms with Crippen molar-refractivity contribution >= 4 is 5.97 Å². The summed E-state index contributed by atoms with van der Waals surface area (Å²) >= 11 is 0. The quantitative estimate of drug-likeness (QED) is 0.757. The standard InChI is InChI=1S/C9H8F4N2O4/c10-8(11)9(12,13)3-19-2-5-14-1-4(7(17)18)6(16)15-5/h1,8H,2-3H2,(H,17,18)(H,14,15,16). The van der Waals surface area contributed by atoms with Crippen LogP contribution in [0.5, 0.6) is 0 Å². The highest BCUT2D eigenvalue weighted by molar-refractivity contribution is 5.86. The average Bonchev–Trinajstić information content (AvgIpc) is 2.28. The number of carboxylic acids is 1. The average molecular weight is 284 g/mol. The van der Waals surface area contributed by atoms with Crippen LogP contribution in [-0.2, 0) is 11.3 Å². The summed E-state index contributed by atoms with van der Waals surface area (Å²) in [6.45, 7) is -2.20. The summed E-state index contributed by atoms with van der Waals surface area (Å²) in [5, 5.41) is 8.53. The molecule has 0 aliphatic carbocycles. The molecule has 106 valence electrons. The molecule has 0 aliphatic rings. The summed E-state index contributed by atoms with van der Waals surface area (Å²) < 4.78 is 52.7. The van der Waals surface area contributed by atoms with Crippen LogP contribution in [-0.4, -0.2) is 40.0 Å². The molecule has 0 aromatic carbocycles. The minimum atomic E-state index is -4.30. The molecular weight excluding hydrogens is 276 g/mol. The number of aromatic nitrogens is 2. The second-order valence-corrected chi connectivity index (χ2v) is 3.43. The monoisotopic (exact) mass is 284 g/mol. The predicted molar refractivity (Wildman–Crippen MR) is 52.4 cm³/mol. The number of hydrogen-bond acceptors (Lipinski definition) is 4. The van der Waals surface area contributed by atoms with Gasteiger partial charge in [0.2, 0.25) is 0 Å². The number of aromatic amines is 1. The highest BCUT2D eigenvalue weighted by atomic mass is 19.3. The fraction of sp³-hybridized carbons (Fsp3) is 0.444. The first-order chi connectivity index (χ1) is 8.74. The fourth-order valence-corrected chi connectivity index (χ4v) is 1.00. The van der Waals surface area contributed by atoms with E-state index < -0.39 is 42.7 Å². The van der Waals surface area contributed by atoms with Gasteiger partial charge >= 0.3 is 18.3 Å². The lowest BCUT2D eigenvalue weighted by Gasteiger charge is -2.14. The molecule has 0 fully saturated rings. The molecule has 0 radical (unpaired) electrons. The van der Waals surface area contributed by atoms with E-state index in [1.54, 1.807) is 0 Å². The number of H-pyrrole nitrogens is 1. The van der Waals surface area contributed by atoms with E-state index in [1.165, 1.54) is 0 Å². The topological polar surface area (TPSA) is 92.3 Å². The van der Waals surface area contributed by atoms with E-state index in [-0.39, 0.29) is 5.82 Å². The normalized spacial score (nSPS) is 11.8. The summed E-state index contributed by atoms with van der Waals surface area (Å²) in [5.41, 5.74) is -1.64. The van der Waals surface area contributed by atoms with Crippen molar-refractivity contribution in [1.29, 1.82) is 0 Å². The van der Waals surface area contributed by atoms with Crippen LogP contribution >= 0.6 is 0 Å². The first-order valence-corrected chi connectivity index (χ1v) is 4.79. The Balaban J connectivity index is 2.63. The van der Waals surface area contributed by atoms with E-state index in [4.69, 9.17) is 5.11 Å². The van der Waals surface area contributed by atoms with Crippen LogP contribution in [0.25, 0.3) is 0 Å². The maximum atomic E-state index is 12.5. The first-order valence-electron chi connectivity index (χ1n) is 4.79. The van der Waals surface area contributed by atoms with Crippen molar-refractivity contribution in [2.24, 2.45) is 0 Å². The molecule has 1 aromatic heterocycles. The SMILES string of the molecule is O=C(O)c1cnc(COCC(F)(F)C(F)F)[nH]c1=O. The minimum absolute atomic E-state index is 0.250. The molecular formula is C9H8F4N2O4. The third kappa shape index (κ3) is 4.02. The van der Waals surface area contributed by atoms with E-state index in [2.05, 4.69) is 9.72 Å². The van der Waals surface area contributed by atoms with E-state index >= 15 is 0 Å². The van der Waals surface area contributed by atoms with Crippen molar-refractivity contribution in [3.63, 3.8) is 0 Å². The number of halogens is 4. The maximum absolute atomic E-state index is 12.5. The Hall–Kier alpha value is -1.97. The van der Waals surface area contributed by atoms with Crippen LogP contribution in [0.2, 0.25) is 0 Å². The number of alkyl halides is 4. The van der Waals surface area contributed by atoms with Gasteiger partial charge in [-0.1, -0.05) is 0 Å². The third-order valence-electron chi connectivity index (χ3n) is 1.93. The number of nitrogens with zero attached hydrogens (tertiary/aromatic N) is 1. The summed E-state index contributed by atoms with van der Waals surface area (Å²) in [6.07, 6.45) is -3.15. The van der Waals surface area contributed by atoms with Crippen molar-refractivity contribution in [2.75, 3.05) is 6.61 Å². The minimum Gasteiger partial charge on any atom is -0.477 e. The lowest BCUT2D eigenvalue weighted by molar-refractivity contribution is -0.168. The molecule has 0 saturated heterocycles. The third-order valence-corrected chi connectivity index (χ3v) is 1.93. The molecule has 1 heterocycles. The van der Waals surface area contributed by atoms with Gasteiger partial charge in [-0.25, -0.2) is 18.6 Å². The molecule has 0 saturated carbocycles. The lowest BCUT2D eigenvalue weighted by atomic mass is 10.3. The number of nitrogens with one attached hydrogen (secondary N) is 1. The number of carbonyl (C=O) groups is 1. The van der Waals surface area contributed by atoms with Gasteiger partial charge in [-0.15, -0.1) is 0 Å². The van der Waals surface area contributed by atoms with Gasteiger partial charge in [0.05, 0.1) is 0 Å². The summed E-state index contributed by atoms with van der Waals surface area (Å²) in [5.74, 6) is -6.06. The van der Waals surface area contributed by atoms with E-state index in [0.717, 1.165) is 0 Å². The van der Waals surface area contributed by atoms with Crippen LogP contribution in [0.1, 0.15) is 16.2 Å². The molecule has 0 amide bonds. The molecule has 2 N–H and O–H groups in total. The summed E-state index contributed by atoms with van der Waals surface area (Å²) in [6, 6.07) is 0. The second kappa shape index (κ2) is 5.78. The van der Waals surface area contributed by atoms with Crippen molar-refractivity contribution in [3.8, 4) is 0 Å². The Bertz CT molecular complexity index is 517. The van der Waals surface area contributed by atoms with Gasteiger partial charge in [0.1, 0.15) is 24.6 Å². The predicted octanol–water partition coefficient (Wildman–Crippen LogP) is 0.885. The van der Waals surface area contributed by atoms with E-state index in [1.807, 2.05) is 4.98 Å². The van der Waals surface area contributed by atoms with Crippen molar-refractivity contribution in [1.82, 2.24) is 9.97 Å². The first kappa shape index (κ1) is 15.1. The zero-order chi connectivity index (χ0) is 14.6. The van der Waals surface area contributed by atoms with Crippen LogP contribution in [0.15, 0.2) is 11.0 Å². The maximum Gasteiger partial charge on any atom is 0.342 e. The molecule has 0 bridgehead atoms. The summed E-state index contributed by atoms with van der Waals surface area (Å²) in [4.78, 5) is 27.0. The molecule has 0 unspecified atom stereocenters. The Morgan fingerprint density at radius 2 is 2.16 bits per heavy atom. The van der Waals surface area contributed by atoms with Gasteiger partial charge in [0.15, 0.2) is 0 Å². The highest BCUT2D eigenvalue weighted by Crippen LogP contribution is 2.22. The van der Waals surface area contributed by atoms with E-state index in [9.17, 15) is 27.2 Å². The zero-order valence-corrected chi connectivity index (χ0v) is 9.20. The van der Waals surface area contributed by atoms with Crippen molar-refractivity contribution < 1.29 is 32.2 Å². The van der Waals surface area contributed by atoms with Gasteiger partial charge in [-0.3, -0.25) is 4.79 Å². The van der Waals surface area contributed by atoms with Gasteiger partial charge < -0.3 is 14.8 Å². The number of rotatable bonds is 6. The van der Waals surface area contributed by atoms with E-state index in [0.29, 0.717) is 6.20 Å². The Kier molecular flexibility index (Phi) is 4.59. The van der Waals surface area contributed by atoms with Gasteiger partial charge in [-0.05, 0) is 0 Å². The molecule has 6 nitrogen and oxygen atoms in total. The molecule has 0 spiro atoms.